The van der Waals surface area contributed by atoms with Crippen molar-refractivity contribution in [2.45, 2.75) is 45.2 Å². The molecule has 5 nitrogen and oxygen atoms in total. The highest BCUT2D eigenvalue weighted by atomic mass is 15.3. The molecule has 1 N–H and O–H groups in total. The zero-order valence-electron chi connectivity index (χ0n) is 11.6. The van der Waals surface area contributed by atoms with Gasteiger partial charge in [-0.05, 0) is 19.8 Å². The summed E-state index contributed by atoms with van der Waals surface area (Å²) in [6, 6.07) is 2.60. The van der Waals surface area contributed by atoms with Gasteiger partial charge in [0.15, 0.2) is 0 Å². The van der Waals surface area contributed by atoms with Gasteiger partial charge >= 0.3 is 0 Å². The van der Waals surface area contributed by atoms with Crippen LogP contribution in [0.15, 0.2) is 18.5 Å². The summed E-state index contributed by atoms with van der Waals surface area (Å²) in [7, 11) is 1.93. The lowest BCUT2D eigenvalue weighted by Crippen LogP contribution is -2.05. The van der Waals surface area contributed by atoms with Crippen LogP contribution in [0.4, 0.5) is 5.82 Å². The average molecular weight is 259 g/mol. The molecule has 1 aliphatic rings. The number of hydrogen-bond donors (Lipinski definition) is 1. The van der Waals surface area contributed by atoms with E-state index in [0.717, 1.165) is 18.1 Å². The molecule has 0 radical (unpaired) electrons. The van der Waals surface area contributed by atoms with E-state index >= 15 is 0 Å². The Kier molecular flexibility index (Phi) is 3.27. The first kappa shape index (κ1) is 12.3. The molecule has 0 bridgehead atoms. The molecule has 0 saturated heterocycles. The Morgan fingerprint density at radius 3 is 2.79 bits per heavy atom. The van der Waals surface area contributed by atoms with Crippen LogP contribution in [-0.2, 0) is 13.6 Å². The number of anilines is 1. The summed E-state index contributed by atoms with van der Waals surface area (Å²) in [4.78, 5) is 0. The normalized spacial score (nSPS) is 16.1. The second kappa shape index (κ2) is 5.07. The number of nitrogens with zero attached hydrogens (tertiary/aromatic N) is 4. The molecule has 19 heavy (non-hydrogen) atoms. The van der Waals surface area contributed by atoms with Crippen LogP contribution < -0.4 is 5.32 Å². The van der Waals surface area contributed by atoms with E-state index in [4.69, 9.17) is 0 Å². The van der Waals surface area contributed by atoms with Gasteiger partial charge < -0.3 is 5.32 Å². The van der Waals surface area contributed by atoms with Crippen molar-refractivity contribution in [3.05, 3.63) is 29.7 Å². The molecule has 0 spiro atoms. The molecule has 2 heterocycles. The quantitative estimate of drug-likeness (QED) is 0.918. The fourth-order valence-electron chi connectivity index (χ4n) is 2.74. The fraction of sp³-hybridized carbons (Fsp3) is 0.571. The van der Waals surface area contributed by atoms with E-state index in [9.17, 15) is 0 Å². The molecule has 102 valence electrons. The maximum absolute atomic E-state index is 4.66. The van der Waals surface area contributed by atoms with E-state index < -0.39 is 0 Å². The van der Waals surface area contributed by atoms with Crippen LogP contribution in [0.1, 0.15) is 43.0 Å². The molecule has 1 fully saturated rings. The van der Waals surface area contributed by atoms with Gasteiger partial charge in [-0.3, -0.25) is 9.36 Å². The summed E-state index contributed by atoms with van der Waals surface area (Å²) in [5.74, 6) is 0.913. The zero-order valence-corrected chi connectivity index (χ0v) is 11.6. The molecule has 0 aromatic carbocycles. The zero-order chi connectivity index (χ0) is 13.2. The first-order valence-corrected chi connectivity index (χ1v) is 7.00. The lowest BCUT2D eigenvalue weighted by Gasteiger charge is -2.08. The van der Waals surface area contributed by atoms with Crippen LogP contribution in [0.3, 0.4) is 0 Å². The van der Waals surface area contributed by atoms with Crippen molar-refractivity contribution in [3.63, 3.8) is 0 Å². The highest BCUT2D eigenvalue weighted by Crippen LogP contribution is 2.29. The number of hydrogen-bond acceptors (Lipinski definition) is 3. The van der Waals surface area contributed by atoms with Crippen molar-refractivity contribution >= 4 is 5.82 Å². The molecular formula is C14H21N5. The molecule has 1 aliphatic carbocycles. The third-order valence-electron chi connectivity index (χ3n) is 3.89. The van der Waals surface area contributed by atoms with E-state index in [1.54, 1.807) is 4.68 Å². The Morgan fingerprint density at radius 2 is 2.11 bits per heavy atom. The second-order valence-electron chi connectivity index (χ2n) is 5.39. The summed E-state index contributed by atoms with van der Waals surface area (Å²) in [5, 5.41) is 12.3. The van der Waals surface area contributed by atoms with E-state index in [1.165, 1.54) is 31.2 Å². The highest BCUT2D eigenvalue weighted by Gasteiger charge is 2.18. The Labute approximate surface area is 113 Å². The molecule has 2 aromatic rings. The predicted molar refractivity (Wildman–Crippen MR) is 75.0 cm³/mol. The van der Waals surface area contributed by atoms with Crippen molar-refractivity contribution in [1.29, 1.82) is 0 Å². The minimum atomic E-state index is 0.613. The molecule has 0 unspecified atom stereocenters. The molecule has 2 aromatic heterocycles. The molecule has 0 atom stereocenters. The molecular weight excluding hydrogens is 238 g/mol. The van der Waals surface area contributed by atoms with E-state index in [1.807, 2.05) is 19.3 Å². The first-order chi connectivity index (χ1) is 9.22. The maximum Gasteiger partial charge on any atom is 0.148 e. The van der Waals surface area contributed by atoms with Crippen LogP contribution in [0.25, 0.3) is 0 Å². The van der Waals surface area contributed by atoms with Crippen LogP contribution in [0, 0.1) is 6.92 Å². The topological polar surface area (TPSA) is 47.7 Å². The van der Waals surface area contributed by atoms with Crippen LogP contribution in [-0.4, -0.2) is 19.6 Å². The van der Waals surface area contributed by atoms with E-state index in [2.05, 4.69) is 33.3 Å². The summed E-state index contributed by atoms with van der Waals surface area (Å²) < 4.78 is 3.97. The third-order valence-corrected chi connectivity index (χ3v) is 3.89. The molecule has 0 aliphatic heterocycles. The minimum Gasteiger partial charge on any atom is -0.364 e. The summed E-state index contributed by atoms with van der Waals surface area (Å²) >= 11 is 0. The van der Waals surface area contributed by atoms with Crippen LogP contribution >= 0.6 is 0 Å². The third kappa shape index (κ3) is 2.64. The van der Waals surface area contributed by atoms with Crippen molar-refractivity contribution in [2.24, 2.45) is 7.05 Å². The second-order valence-corrected chi connectivity index (χ2v) is 5.39. The summed E-state index contributed by atoms with van der Waals surface area (Å²) in [5.41, 5.74) is 2.38. The first-order valence-electron chi connectivity index (χ1n) is 7.00. The van der Waals surface area contributed by atoms with Gasteiger partial charge in [0, 0.05) is 37.6 Å². The molecule has 5 heteroatoms. The summed E-state index contributed by atoms with van der Waals surface area (Å²) in [6.45, 7) is 2.87. The number of nitrogens with one attached hydrogen (secondary N) is 1. The Morgan fingerprint density at radius 1 is 1.32 bits per heavy atom. The Balaban J connectivity index is 1.67. The minimum absolute atomic E-state index is 0.613. The molecule has 0 amide bonds. The van der Waals surface area contributed by atoms with Crippen molar-refractivity contribution < 1.29 is 0 Å². The SMILES string of the molecule is Cc1nn(C2CCCC2)cc1CNc1ccn(C)n1. The van der Waals surface area contributed by atoms with Gasteiger partial charge in [0.05, 0.1) is 11.7 Å². The standard InChI is InChI=1S/C14H21N5/c1-11-12(9-15-14-7-8-18(2)17-14)10-19(16-11)13-5-3-4-6-13/h7-8,10,13H,3-6,9H2,1-2H3,(H,15,17). The van der Waals surface area contributed by atoms with E-state index in [0.29, 0.717) is 6.04 Å². The van der Waals surface area contributed by atoms with Gasteiger partial charge in [-0.2, -0.15) is 10.2 Å². The Hall–Kier alpha value is -1.78. The smallest absolute Gasteiger partial charge is 0.148 e. The van der Waals surface area contributed by atoms with Gasteiger partial charge in [-0.25, -0.2) is 0 Å². The van der Waals surface area contributed by atoms with Crippen LogP contribution in [0.2, 0.25) is 0 Å². The fourth-order valence-corrected chi connectivity index (χ4v) is 2.74. The van der Waals surface area contributed by atoms with E-state index in [-0.39, 0.29) is 0 Å². The monoisotopic (exact) mass is 259 g/mol. The molecule has 3 rings (SSSR count). The van der Waals surface area contributed by atoms with Gasteiger partial charge in [0.1, 0.15) is 5.82 Å². The predicted octanol–water partition coefficient (Wildman–Crippen LogP) is 2.65. The summed E-state index contributed by atoms with van der Waals surface area (Å²) in [6.07, 6.45) is 9.36. The van der Waals surface area contributed by atoms with Gasteiger partial charge in [-0.1, -0.05) is 12.8 Å². The largest absolute Gasteiger partial charge is 0.364 e. The maximum atomic E-state index is 4.66. The Bertz CT molecular complexity index is 548. The molecule has 1 saturated carbocycles. The van der Waals surface area contributed by atoms with Gasteiger partial charge in [-0.15, -0.1) is 0 Å². The number of rotatable bonds is 4. The lowest BCUT2D eigenvalue weighted by atomic mass is 10.2. The van der Waals surface area contributed by atoms with Crippen molar-refractivity contribution in [3.8, 4) is 0 Å². The van der Waals surface area contributed by atoms with Crippen molar-refractivity contribution in [2.75, 3.05) is 5.32 Å². The van der Waals surface area contributed by atoms with Gasteiger partial charge in [0.2, 0.25) is 0 Å². The number of aryl methyl sites for hydroxylation is 2. The van der Waals surface area contributed by atoms with Gasteiger partial charge in [0.25, 0.3) is 0 Å². The average Bonchev–Trinajstić information content (AvgIpc) is 3.07. The van der Waals surface area contributed by atoms with Crippen LogP contribution in [0.5, 0.6) is 0 Å². The van der Waals surface area contributed by atoms with Crippen molar-refractivity contribution in [1.82, 2.24) is 19.6 Å². The number of aromatic nitrogens is 4. The highest BCUT2D eigenvalue weighted by molar-refractivity contribution is 5.34. The lowest BCUT2D eigenvalue weighted by molar-refractivity contribution is 0.464.